The lowest BCUT2D eigenvalue weighted by atomic mass is 10.2. The lowest BCUT2D eigenvalue weighted by Crippen LogP contribution is -2.44. The quantitative estimate of drug-likeness (QED) is 0.828. The molecule has 26 heavy (non-hydrogen) atoms. The molecular formula is C20H24FN3O2. The number of hydrogen-bond donors (Lipinski definition) is 1. The van der Waals surface area contributed by atoms with E-state index in [1.54, 1.807) is 16.8 Å². The second-order valence-electron chi connectivity index (χ2n) is 6.42. The molecule has 5 nitrogen and oxygen atoms in total. The minimum absolute atomic E-state index is 0.00587. The molecule has 0 aromatic heterocycles. The average molecular weight is 357 g/mol. The zero-order valence-corrected chi connectivity index (χ0v) is 15.3. The minimum Gasteiger partial charge on any atom is -0.325 e. The Labute approximate surface area is 153 Å². The molecule has 2 aromatic carbocycles. The van der Waals surface area contributed by atoms with Crippen molar-refractivity contribution in [1.82, 2.24) is 4.90 Å². The molecule has 138 valence electrons. The number of para-hydroxylation sites is 1. The molecular weight excluding hydrogens is 333 g/mol. The summed E-state index contributed by atoms with van der Waals surface area (Å²) in [5.74, 6) is -0.702. The molecule has 0 aliphatic carbocycles. The van der Waals surface area contributed by atoms with E-state index in [4.69, 9.17) is 0 Å². The van der Waals surface area contributed by atoms with E-state index < -0.39 is 0 Å². The summed E-state index contributed by atoms with van der Waals surface area (Å²) in [6, 6.07) is 15.0. The number of nitrogens with one attached hydrogen (secondary N) is 1. The van der Waals surface area contributed by atoms with Gasteiger partial charge < -0.3 is 10.2 Å². The zero-order valence-electron chi connectivity index (χ0n) is 15.3. The van der Waals surface area contributed by atoms with Crippen LogP contribution in [0, 0.1) is 5.82 Å². The summed E-state index contributed by atoms with van der Waals surface area (Å²) in [6.45, 7) is 4.08. The number of rotatable bonds is 7. The van der Waals surface area contributed by atoms with Crippen LogP contribution in [0.15, 0.2) is 54.6 Å². The maximum absolute atomic E-state index is 12.9. The topological polar surface area (TPSA) is 52.7 Å². The Morgan fingerprint density at radius 1 is 1.00 bits per heavy atom. The van der Waals surface area contributed by atoms with Gasteiger partial charge in [-0.15, -0.1) is 0 Å². The van der Waals surface area contributed by atoms with Crippen molar-refractivity contribution in [3.05, 3.63) is 60.4 Å². The lowest BCUT2D eigenvalue weighted by molar-refractivity contribution is -0.121. The number of carbonyl (C=O) groups excluding carboxylic acids is 2. The van der Waals surface area contributed by atoms with Gasteiger partial charge in [0.25, 0.3) is 0 Å². The van der Waals surface area contributed by atoms with Crippen LogP contribution in [0.2, 0.25) is 0 Å². The third kappa shape index (κ3) is 5.67. The molecule has 2 amide bonds. The molecule has 1 N–H and O–H groups in total. The number of carbonyl (C=O) groups is 2. The van der Waals surface area contributed by atoms with Gasteiger partial charge in [0.1, 0.15) is 5.82 Å². The third-order valence-corrected chi connectivity index (χ3v) is 3.77. The molecule has 0 spiro atoms. The van der Waals surface area contributed by atoms with E-state index in [-0.39, 0.29) is 36.8 Å². The van der Waals surface area contributed by atoms with Crippen LogP contribution >= 0.6 is 0 Å². The highest BCUT2D eigenvalue weighted by molar-refractivity contribution is 5.96. The van der Waals surface area contributed by atoms with Gasteiger partial charge in [0.15, 0.2) is 0 Å². The van der Waals surface area contributed by atoms with Gasteiger partial charge in [-0.25, -0.2) is 4.39 Å². The molecule has 0 heterocycles. The summed E-state index contributed by atoms with van der Waals surface area (Å²) < 4.78 is 12.9. The number of benzene rings is 2. The fraction of sp³-hybridized carbons (Fsp3) is 0.300. The number of amides is 2. The van der Waals surface area contributed by atoms with Crippen molar-refractivity contribution >= 4 is 23.2 Å². The summed E-state index contributed by atoms with van der Waals surface area (Å²) in [6.07, 6.45) is 0. The van der Waals surface area contributed by atoms with E-state index >= 15 is 0 Å². The van der Waals surface area contributed by atoms with Crippen molar-refractivity contribution in [2.75, 3.05) is 30.4 Å². The van der Waals surface area contributed by atoms with E-state index in [0.29, 0.717) is 5.69 Å². The molecule has 0 aliphatic heterocycles. The first-order chi connectivity index (χ1) is 12.4. The Bertz CT molecular complexity index is 732. The van der Waals surface area contributed by atoms with Gasteiger partial charge in [-0.1, -0.05) is 18.2 Å². The summed E-state index contributed by atoms with van der Waals surface area (Å²) in [5, 5.41) is 2.68. The summed E-state index contributed by atoms with van der Waals surface area (Å²) in [7, 11) is 1.71. The number of anilines is 2. The predicted molar refractivity (Wildman–Crippen MR) is 102 cm³/mol. The summed E-state index contributed by atoms with van der Waals surface area (Å²) in [5.41, 5.74) is 1.35. The molecule has 0 saturated heterocycles. The van der Waals surface area contributed by atoms with E-state index in [2.05, 4.69) is 5.32 Å². The number of halogens is 1. The second-order valence-corrected chi connectivity index (χ2v) is 6.42. The smallest absolute Gasteiger partial charge is 0.241 e. The van der Waals surface area contributed by atoms with Crippen molar-refractivity contribution in [2.24, 2.45) is 0 Å². The Hall–Kier alpha value is -2.73. The summed E-state index contributed by atoms with van der Waals surface area (Å²) in [4.78, 5) is 28.1. The SMILES string of the molecule is CC(C)N(C(=O)CN(C)CC(=O)Nc1ccc(F)cc1)c1ccccc1. The average Bonchev–Trinajstić information content (AvgIpc) is 2.57. The van der Waals surface area contributed by atoms with Gasteiger partial charge >= 0.3 is 0 Å². The Balaban J connectivity index is 1.92. The normalized spacial score (nSPS) is 10.8. The molecule has 0 aliphatic rings. The van der Waals surface area contributed by atoms with Gasteiger partial charge in [-0.3, -0.25) is 14.5 Å². The van der Waals surface area contributed by atoms with Crippen molar-refractivity contribution in [2.45, 2.75) is 19.9 Å². The van der Waals surface area contributed by atoms with Crippen LogP contribution in [0.3, 0.4) is 0 Å². The number of hydrogen-bond acceptors (Lipinski definition) is 3. The maximum Gasteiger partial charge on any atom is 0.241 e. The molecule has 0 bridgehead atoms. The van der Waals surface area contributed by atoms with Crippen molar-refractivity contribution < 1.29 is 14.0 Å². The molecule has 2 rings (SSSR count). The largest absolute Gasteiger partial charge is 0.325 e. The predicted octanol–water partition coefficient (Wildman–Crippen LogP) is 3.14. The van der Waals surface area contributed by atoms with Gasteiger partial charge in [-0.05, 0) is 57.3 Å². The lowest BCUT2D eigenvalue weighted by Gasteiger charge is -2.28. The highest BCUT2D eigenvalue weighted by atomic mass is 19.1. The molecule has 0 fully saturated rings. The van der Waals surface area contributed by atoms with E-state index in [9.17, 15) is 14.0 Å². The highest BCUT2D eigenvalue weighted by Gasteiger charge is 2.21. The van der Waals surface area contributed by atoms with Gasteiger partial charge in [-0.2, -0.15) is 0 Å². The minimum atomic E-state index is -0.361. The standard InChI is InChI=1S/C20H24FN3O2/c1-15(2)24(18-7-5-4-6-8-18)20(26)14-23(3)13-19(25)22-17-11-9-16(21)10-12-17/h4-12,15H,13-14H2,1-3H3,(H,22,25). The van der Waals surface area contributed by atoms with Crippen molar-refractivity contribution in [3.63, 3.8) is 0 Å². The zero-order chi connectivity index (χ0) is 19.1. The van der Waals surface area contributed by atoms with E-state index in [1.807, 2.05) is 44.2 Å². The van der Waals surface area contributed by atoms with Crippen molar-refractivity contribution in [1.29, 1.82) is 0 Å². The third-order valence-electron chi connectivity index (χ3n) is 3.77. The van der Waals surface area contributed by atoms with Crippen LogP contribution in [-0.4, -0.2) is 42.9 Å². The molecule has 6 heteroatoms. The summed E-state index contributed by atoms with van der Waals surface area (Å²) >= 11 is 0. The fourth-order valence-corrected chi connectivity index (χ4v) is 2.66. The number of likely N-dealkylation sites (N-methyl/N-ethyl adjacent to an activating group) is 1. The van der Waals surface area contributed by atoms with Gasteiger partial charge in [0.2, 0.25) is 11.8 Å². The van der Waals surface area contributed by atoms with Crippen LogP contribution in [-0.2, 0) is 9.59 Å². The molecule has 0 atom stereocenters. The van der Waals surface area contributed by atoms with E-state index in [1.165, 1.54) is 24.3 Å². The van der Waals surface area contributed by atoms with Crippen LogP contribution < -0.4 is 10.2 Å². The second kappa shape index (κ2) is 9.10. The van der Waals surface area contributed by atoms with Crippen LogP contribution in [0.4, 0.5) is 15.8 Å². The highest BCUT2D eigenvalue weighted by Crippen LogP contribution is 2.17. The van der Waals surface area contributed by atoms with Crippen LogP contribution in [0.1, 0.15) is 13.8 Å². The van der Waals surface area contributed by atoms with Gasteiger partial charge in [0.05, 0.1) is 13.1 Å². The molecule has 0 saturated carbocycles. The Morgan fingerprint density at radius 3 is 2.19 bits per heavy atom. The van der Waals surface area contributed by atoms with Gasteiger partial charge in [0, 0.05) is 17.4 Å². The maximum atomic E-state index is 12.9. The first-order valence-corrected chi connectivity index (χ1v) is 8.48. The first-order valence-electron chi connectivity index (χ1n) is 8.48. The van der Waals surface area contributed by atoms with E-state index in [0.717, 1.165) is 5.69 Å². The number of nitrogens with zero attached hydrogens (tertiary/aromatic N) is 2. The van der Waals surface area contributed by atoms with Crippen LogP contribution in [0.25, 0.3) is 0 Å². The molecule has 2 aromatic rings. The molecule has 0 unspecified atom stereocenters. The Morgan fingerprint density at radius 2 is 1.62 bits per heavy atom. The fourth-order valence-electron chi connectivity index (χ4n) is 2.66. The molecule has 0 radical (unpaired) electrons. The monoisotopic (exact) mass is 357 g/mol. The first kappa shape index (κ1) is 19.6. The van der Waals surface area contributed by atoms with Crippen molar-refractivity contribution in [3.8, 4) is 0 Å². The Kier molecular flexibility index (Phi) is 6.86. The van der Waals surface area contributed by atoms with Crippen LogP contribution in [0.5, 0.6) is 0 Å².